The van der Waals surface area contributed by atoms with Gasteiger partial charge < -0.3 is 10.9 Å². The number of hydrogen-bond acceptors (Lipinski definition) is 4. The van der Waals surface area contributed by atoms with Gasteiger partial charge in [0.05, 0.1) is 6.54 Å². The van der Waals surface area contributed by atoms with Crippen LogP contribution in [0, 0.1) is 5.92 Å². The molecule has 0 bridgehead atoms. The number of nitrogens with two attached hydrogens (primary N) is 1. The lowest BCUT2D eigenvalue weighted by molar-refractivity contribution is 0.311. The lowest BCUT2D eigenvalue weighted by Gasteiger charge is -2.25. The van der Waals surface area contributed by atoms with Gasteiger partial charge in [0.15, 0.2) is 5.84 Å². The number of amidine groups is 1. The summed E-state index contributed by atoms with van der Waals surface area (Å²) in [5.74, 6) is 0.0660. The van der Waals surface area contributed by atoms with E-state index in [-0.39, 0.29) is 24.3 Å². The summed E-state index contributed by atoms with van der Waals surface area (Å²) in [5, 5.41) is 11.3. The topological polar surface area (TPSA) is 108 Å². The first-order valence-electron chi connectivity index (χ1n) is 5.43. The average molecular weight is 266 g/mol. The van der Waals surface area contributed by atoms with Crippen molar-refractivity contribution >= 4 is 16.0 Å². The van der Waals surface area contributed by atoms with Crippen molar-refractivity contribution in [3.05, 3.63) is 0 Å². The highest BCUT2D eigenvalue weighted by Crippen LogP contribution is 2.05. The molecule has 0 aliphatic carbocycles. The molecule has 0 heterocycles. The molecule has 8 heteroatoms. The van der Waals surface area contributed by atoms with Gasteiger partial charge in [-0.05, 0) is 19.8 Å². The number of hydrogen-bond donors (Lipinski definition) is 3. The normalized spacial score (nSPS) is 13.9. The zero-order valence-electron chi connectivity index (χ0n) is 10.7. The molecule has 0 unspecified atom stereocenters. The Bertz CT molecular complexity index is 351. The highest BCUT2D eigenvalue weighted by molar-refractivity contribution is 7.87. The molecule has 0 spiro atoms. The summed E-state index contributed by atoms with van der Waals surface area (Å²) in [6, 6.07) is -0.278. The number of nitrogens with one attached hydrogen (secondary N) is 1. The standard InChI is InChI=1S/C9H22N4O3S/c1-7(2)5-11-17(15,16)13(8(3)4)6-9(10)12-14/h7-8,11,14H,5-6H2,1-4H3,(H2,10,12). The minimum absolute atomic E-state index is 0.137. The third-order valence-electron chi connectivity index (χ3n) is 2.00. The van der Waals surface area contributed by atoms with Crippen molar-refractivity contribution in [2.75, 3.05) is 13.1 Å². The largest absolute Gasteiger partial charge is 0.409 e. The van der Waals surface area contributed by atoms with E-state index in [0.29, 0.717) is 6.54 Å². The van der Waals surface area contributed by atoms with E-state index in [1.807, 2.05) is 13.8 Å². The first-order valence-corrected chi connectivity index (χ1v) is 6.87. The lowest BCUT2D eigenvalue weighted by atomic mass is 10.2. The van der Waals surface area contributed by atoms with Crippen LogP contribution < -0.4 is 10.5 Å². The van der Waals surface area contributed by atoms with Crippen LogP contribution in [0.1, 0.15) is 27.7 Å². The molecule has 7 nitrogen and oxygen atoms in total. The van der Waals surface area contributed by atoms with Crippen molar-refractivity contribution in [1.29, 1.82) is 0 Å². The smallest absolute Gasteiger partial charge is 0.280 e. The molecule has 17 heavy (non-hydrogen) atoms. The summed E-state index contributed by atoms with van der Waals surface area (Å²) in [6.45, 7) is 7.47. The van der Waals surface area contributed by atoms with Crippen LogP contribution in [-0.2, 0) is 10.2 Å². The SMILES string of the molecule is CC(C)CNS(=O)(=O)N(CC(N)=NO)C(C)C. The van der Waals surface area contributed by atoms with Gasteiger partial charge in [-0.3, -0.25) is 0 Å². The van der Waals surface area contributed by atoms with E-state index in [9.17, 15) is 8.42 Å². The molecule has 0 saturated carbocycles. The van der Waals surface area contributed by atoms with Crippen LogP contribution in [0.25, 0.3) is 0 Å². The Morgan fingerprint density at radius 1 is 1.41 bits per heavy atom. The highest BCUT2D eigenvalue weighted by Gasteiger charge is 2.25. The van der Waals surface area contributed by atoms with Gasteiger partial charge in [0.2, 0.25) is 0 Å². The molecular formula is C9H22N4O3S. The van der Waals surface area contributed by atoms with Gasteiger partial charge in [-0.25, -0.2) is 4.72 Å². The van der Waals surface area contributed by atoms with Crippen LogP contribution in [0.2, 0.25) is 0 Å². The maximum atomic E-state index is 12.0. The molecular weight excluding hydrogens is 244 g/mol. The van der Waals surface area contributed by atoms with E-state index in [1.165, 1.54) is 0 Å². The Kier molecular flexibility index (Phi) is 6.43. The van der Waals surface area contributed by atoms with Crippen molar-refractivity contribution < 1.29 is 13.6 Å². The second-order valence-corrected chi connectivity index (χ2v) is 6.19. The fraction of sp³-hybridized carbons (Fsp3) is 0.889. The van der Waals surface area contributed by atoms with Gasteiger partial charge in [-0.2, -0.15) is 12.7 Å². The van der Waals surface area contributed by atoms with Gasteiger partial charge in [-0.1, -0.05) is 19.0 Å². The van der Waals surface area contributed by atoms with Crippen LogP contribution in [0.4, 0.5) is 0 Å². The van der Waals surface area contributed by atoms with Gasteiger partial charge >= 0.3 is 0 Å². The summed E-state index contributed by atoms with van der Waals surface area (Å²) in [4.78, 5) is 0. The van der Waals surface area contributed by atoms with Crippen molar-refractivity contribution in [3.63, 3.8) is 0 Å². The molecule has 0 aromatic carbocycles. The third kappa shape index (κ3) is 5.85. The zero-order chi connectivity index (χ0) is 13.6. The molecule has 4 N–H and O–H groups in total. The van der Waals surface area contributed by atoms with Crippen LogP contribution >= 0.6 is 0 Å². The van der Waals surface area contributed by atoms with Crippen LogP contribution in [0.15, 0.2) is 5.16 Å². The lowest BCUT2D eigenvalue weighted by Crippen LogP contribution is -2.48. The quantitative estimate of drug-likeness (QED) is 0.259. The first-order chi connectivity index (χ1) is 7.70. The van der Waals surface area contributed by atoms with Crippen molar-refractivity contribution in [2.24, 2.45) is 16.8 Å². The molecule has 0 aliphatic heterocycles. The minimum Gasteiger partial charge on any atom is -0.409 e. The maximum Gasteiger partial charge on any atom is 0.280 e. The fourth-order valence-corrected chi connectivity index (χ4v) is 2.66. The molecule has 0 saturated heterocycles. The van der Waals surface area contributed by atoms with Gasteiger partial charge in [0.1, 0.15) is 0 Å². The van der Waals surface area contributed by atoms with E-state index in [4.69, 9.17) is 10.9 Å². The molecule has 0 rings (SSSR count). The van der Waals surface area contributed by atoms with Crippen LogP contribution in [0.3, 0.4) is 0 Å². The molecule has 0 aromatic rings. The number of nitrogens with zero attached hydrogens (tertiary/aromatic N) is 2. The Morgan fingerprint density at radius 2 is 1.94 bits per heavy atom. The van der Waals surface area contributed by atoms with Gasteiger partial charge in [-0.15, -0.1) is 0 Å². The zero-order valence-corrected chi connectivity index (χ0v) is 11.5. The summed E-state index contributed by atoms with van der Waals surface area (Å²) >= 11 is 0. The second kappa shape index (κ2) is 6.77. The summed E-state index contributed by atoms with van der Waals surface area (Å²) in [6.07, 6.45) is 0. The van der Waals surface area contributed by atoms with Crippen molar-refractivity contribution in [3.8, 4) is 0 Å². The maximum absolute atomic E-state index is 12.0. The monoisotopic (exact) mass is 266 g/mol. The van der Waals surface area contributed by atoms with E-state index >= 15 is 0 Å². The first kappa shape index (κ1) is 16.1. The Morgan fingerprint density at radius 3 is 2.29 bits per heavy atom. The highest BCUT2D eigenvalue weighted by atomic mass is 32.2. The van der Waals surface area contributed by atoms with Crippen LogP contribution in [-0.4, -0.2) is 42.9 Å². The van der Waals surface area contributed by atoms with Crippen LogP contribution in [0.5, 0.6) is 0 Å². The molecule has 0 atom stereocenters. The van der Waals surface area contributed by atoms with E-state index in [2.05, 4.69) is 9.88 Å². The molecule has 0 radical (unpaired) electrons. The van der Waals surface area contributed by atoms with E-state index < -0.39 is 10.2 Å². The van der Waals surface area contributed by atoms with E-state index in [1.54, 1.807) is 13.8 Å². The minimum atomic E-state index is -3.61. The van der Waals surface area contributed by atoms with Crippen molar-refractivity contribution in [1.82, 2.24) is 9.03 Å². The van der Waals surface area contributed by atoms with Gasteiger partial charge in [0, 0.05) is 12.6 Å². The average Bonchev–Trinajstić information content (AvgIpc) is 2.22. The van der Waals surface area contributed by atoms with Gasteiger partial charge in [0.25, 0.3) is 10.2 Å². The van der Waals surface area contributed by atoms with Crippen molar-refractivity contribution in [2.45, 2.75) is 33.7 Å². The molecule has 0 aromatic heterocycles. The summed E-state index contributed by atoms with van der Waals surface area (Å²) < 4.78 is 27.5. The molecule has 102 valence electrons. The predicted octanol–water partition coefficient (Wildman–Crippen LogP) is -0.0664. The van der Waals surface area contributed by atoms with E-state index in [0.717, 1.165) is 4.31 Å². The Labute approximate surface area is 103 Å². The fourth-order valence-electron chi connectivity index (χ4n) is 1.09. The third-order valence-corrected chi connectivity index (χ3v) is 3.70. The summed E-state index contributed by atoms with van der Waals surface area (Å²) in [5.41, 5.74) is 5.33. The second-order valence-electron chi connectivity index (χ2n) is 4.48. The molecule has 0 fully saturated rings. The predicted molar refractivity (Wildman–Crippen MR) is 67.0 cm³/mol. The number of rotatable bonds is 7. The molecule has 0 aliphatic rings. The summed E-state index contributed by atoms with van der Waals surface area (Å²) in [7, 11) is -3.61. The number of oxime groups is 1. The Hall–Kier alpha value is -0.860. The Balaban J connectivity index is 4.80. The molecule has 0 amide bonds.